The van der Waals surface area contributed by atoms with Crippen LogP contribution in [-0.4, -0.2) is 18.1 Å². The molecule has 0 radical (unpaired) electrons. The van der Waals surface area contributed by atoms with Gasteiger partial charge in [-0.1, -0.05) is 12.1 Å². The Labute approximate surface area is 142 Å². The molecule has 4 N–H and O–H groups in total. The molecular weight excluding hydrogens is 269 g/mol. The fourth-order valence-corrected chi connectivity index (χ4v) is 2.00. The second kappa shape index (κ2) is 5.23. The third kappa shape index (κ3) is 3.00. The third-order valence-electron chi connectivity index (χ3n) is 2.31. The van der Waals surface area contributed by atoms with E-state index in [-0.39, 0.29) is 69.1 Å². The van der Waals surface area contributed by atoms with E-state index in [2.05, 4.69) is 0 Å². The van der Waals surface area contributed by atoms with Crippen LogP contribution in [0.25, 0.3) is 10.8 Å². The van der Waals surface area contributed by atoms with Crippen LogP contribution in [-0.2, 0) is 10.1 Å². The van der Waals surface area contributed by atoms with E-state index >= 15 is 0 Å². The van der Waals surface area contributed by atoms with Gasteiger partial charge in [-0.15, -0.1) is 0 Å². The number of aromatic hydroxyl groups is 1. The molecule has 0 aliphatic carbocycles. The van der Waals surface area contributed by atoms with E-state index in [0.717, 1.165) is 0 Å². The van der Waals surface area contributed by atoms with E-state index < -0.39 is 10.1 Å². The van der Waals surface area contributed by atoms with Crippen molar-refractivity contribution in [2.75, 3.05) is 5.73 Å². The Bertz CT molecular complexity index is 675. The van der Waals surface area contributed by atoms with E-state index in [1.165, 1.54) is 30.3 Å². The molecule has 0 atom stereocenters. The van der Waals surface area contributed by atoms with Gasteiger partial charge in [-0.2, -0.15) is 8.42 Å². The zero-order valence-corrected chi connectivity index (χ0v) is 13.0. The minimum absolute atomic E-state index is 0. The molecule has 0 saturated heterocycles. The molecule has 0 unspecified atom stereocenters. The largest absolute Gasteiger partial charge is 1.00 e. The van der Waals surface area contributed by atoms with E-state index in [0.29, 0.717) is 10.8 Å². The summed E-state index contributed by atoms with van der Waals surface area (Å²) in [6.45, 7) is 0. The fourth-order valence-electron chi connectivity index (χ4n) is 1.48. The summed E-state index contributed by atoms with van der Waals surface area (Å²) < 4.78 is 30.7. The number of benzene rings is 2. The molecule has 2 aromatic rings. The molecule has 0 aromatic heterocycles. The van der Waals surface area contributed by atoms with Gasteiger partial charge in [-0.05, 0) is 23.6 Å². The van der Waals surface area contributed by atoms with Gasteiger partial charge in [0.05, 0.1) is 10.6 Å². The second-order valence-electron chi connectivity index (χ2n) is 3.36. The summed E-state index contributed by atoms with van der Waals surface area (Å²) in [5.74, 6) is -0.0629. The normalized spacial score (nSPS) is 11.1. The Kier molecular flexibility index (Phi) is 4.58. The molecule has 17 heavy (non-hydrogen) atoms. The first-order chi connectivity index (χ1) is 7.39. The maximum absolute atomic E-state index is 10.9. The average Bonchev–Trinajstić information content (AvgIpc) is 2.22. The Morgan fingerprint density at radius 2 is 1.82 bits per heavy atom. The monoisotopic (exact) mass is 279 g/mol. The fraction of sp³-hybridized carbons (Fsp3) is 0. The molecule has 0 saturated carbocycles. The van der Waals surface area contributed by atoms with Gasteiger partial charge in [0, 0.05) is 5.39 Å². The summed E-state index contributed by atoms with van der Waals surface area (Å²) in [4.78, 5) is -0.204. The first-order valence-corrected chi connectivity index (χ1v) is 5.82. The number of anilines is 1. The molecule has 0 fully saturated rings. The van der Waals surface area contributed by atoms with Crippen molar-refractivity contribution in [3.63, 3.8) is 0 Å². The summed E-state index contributed by atoms with van der Waals surface area (Å²) >= 11 is 0. The van der Waals surface area contributed by atoms with Crippen LogP contribution in [0.15, 0.2) is 35.2 Å². The Morgan fingerprint density at radius 1 is 1.18 bits per heavy atom. The number of fused-ring (bicyclic) bond motifs is 1. The smallest absolute Gasteiger partial charge is 1.00 e. The molecule has 86 valence electrons. The van der Waals surface area contributed by atoms with Crippen molar-refractivity contribution in [1.29, 1.82) is 0 Å². The number of rotatable bonds is 1. The molecule has 0 bridgehead atoms. The van der Waals surface area contributed by atoms with Crippen molar-refractivity contribution in [3.8, 4) is 5.75 Å². The quantitative estimate of drug-likeness (QED) is 0.255. The van der Waals surface area contributed by atoms with Crippen molar-refractivity contribution in [1.82, 2.24) is 0 Å². The number of hydrogen-bond acceptors (Lipinski definition) is 4. The maximum atomic E-state index is 10.9. The first-order valence-electron chi connectivity index (χ1n) is 4.38. The molecule has 0 aliphatic rings. The van der Waals surface area contributed by atoms with Gasteiger partial charge in [-0.25, -0.2) is 0 Å². The van der Waals surface area contributed by atoms with Crippen molar-refractivity contribution in [3.05, 3.63) is 30.3 Å². The van der Waals surface area contributed by atoms with E-state index in [1.807, 2.05) is 0 Å². The average molecular weight is 279 g/mol. The minimum atomic E-state index is -4.22. The van der Waals surface area contributed by atoms with Crippen LogP contribution in [0.2, 0.25) is 0 Å². The van der Waals surface area contributed by atoms with Gasteiger partial charge in [-0.3, -0.25) is 4.55 Å². The Balaban J connectivity index is 0.00000144. The number of hydrogen-bond donors (Lipinski definition) is 3. The standard InChI is InChI=1S/C10H9NO4S.K.H/c11-10-8-3-2-7(16(13,14)15)5-6(8)1-4-9(10)12;;/h1-5,12H,11H2,(H,13,14,15);;/q;+1;-1. The predicted octanol–water partition coefficient (Wildman–Crippen LogP) is -1.51. The number of nitrogen functional groups attached to an aromatic ring is 1. The molecule has 2 aromatic carbocycles. The first kappa shape index (κ1) is 14.9. The van der Waals surface area contributed by atoms with Crippen LogP contribution in [0, 0.1) is 0 Å². The van der Waals surface area contributed by atoms with Crippen LogP contribution in [0.3, 0.4) is 0 Å². The molecule has 0 amide bonds. The Hall–Kier alpha value is -0.154. The zero-order chi connectivity index (χ0) is 11.9. The van der Waals surface area contributed by atoms with Gasteiger partial charge < -0.3 is 12.3 Å². The van der Waals surface area contributed by atoms with Crippen LogP contribution in [0.1, 0.15) is 1.43 Å². The van der Waals surface area contributed by atoms with Crippen molar-refractivity contribution >= 4 is 26.6 Å². The van der Waals surface area contributed by atoms with Gasteiger partial charge in [0.2, 0.25) is 0 Å². The molecule has 7 heteroatoms. The summed E-state index contributed by atoms with van der Waals surface area (Å²) in [5.41, 5.74) is 5.80. The number of phenolic OH excluding ortho intramolecular Hbond substituents is 1. The number of phenols is 1. The summed E-state index contributed by atoms with van der Waals surface area (Å²) in [6, 6.07) is 6.85. The molecule has 0 aliphatic heterocycles. The van der Waals surface area contributed by atoms with E-state index in [9.17, 15) is 13.5 Å². The van der Waals surface area contributed by atoms with E-state index in [4.69, 9.17) is 10.3 Å². The van der Waals surface area contributed by atoms with Crippen molar-refractivity contribution in [2.45, 2.75) is 4.90 Å². The second-order valence-corrected chi connectivity index (χ2v) is 4.78. The molecule has 0 spiro atoms. The summed E-state index contributed by atoms with van der Waals surface area (Å²) in [7, 11) is -4.22. The van der Waals surface area contributed by atoms with Crippen LogP contribution >= 0.6 is 0 Å². The van der Waals surface area contributed by atoms with Crippen LogP contribution in [0.4, 0.5) is 5.69 Å². The van der Waals surface area contributed by atoms with Crippen LogP contribution in [0.5, 0.6) is 5.75 Å². The van der Waals surface area contributed by atoms with Gasteiger partial charge in [0.15, 0.2) is 0 Å². The molecular formula is C10H10KNO4S. The van der Waals surface area contributed by atoms with E-state index in [1.54, 1.807) is 0 Å². The minimum Gasteiger partial charge on any atom is -1.00 e. The van der Waals surface area contributed by atoms with Crippen molar-refractivity contribution in [2.24, 2.45) is 0 Å². The zero-order valence-electron chi connectivity index (χ0n) is 10.1. The summed E-state index contributed by atoms with van der Waals surface area (Å²) in [5, 5.41) is 10.4. The Morgan fingerprint density at radius 3 is 2.41 bits per heavy atom. The predicted molar refractivity (Wildman–Crippen MR) is 61.0 cm³/mol. The summed E-state index contributed by atoms with van der Waals surface area (Å²) in [6.07, 6.45) is 0. The molecule has 0 heterocycles. The maximum Gasteiger partial charge on any atom is 1.00 e. The van der Waals surface area contributed by atoms with Gasteiger partial charge in [0.25, 0.3) is 10.1 Å². The van der Waals surface area contributed by atoms with Crippen LogP contribution < -0.4 is 57.1 Å². The molecule has 2 rings (SSSR count). The number of nitrogens with two attached hydrogens (primary N) is 1. The SMILES string of the molecule is Nc1c(O)ccc2cc(S(=O)(=O)O)ccc12.[H-].[K+]. The third-order valence-corrected chi connectivity index (χ3v) is 3.16. The van der Waals surface area contributed by atoms with Gasteiger partial charge in [0.1, 0.15) is 5.75 Å². The molecule has 5 nitrogen and oxygen atoms in total. The van der Waals surface area contributed by atoms with Crippen molar-refractivity contribution < 1.29 is 70.9 Å². The topological polar surface area (TPSA) is 101 Å². The van der Waals surface area contributed by atoms with Gasteiger partial charge >= 0.3 is 51.4 Å².